The van der Waals surface area contributed by atoms with Crippen molar-refractivity contribution < 1.29 is 4.79 Å². The number of nitrogens with one attached hydrogen (secondary N) is 1. The zero-order valence-electron chi connectivity index (χ0n) is 16.5. The Morgan fingerprint density at radius 3 is 2.79 bits per heavy atom. The Morgan fingerprint density at radius 2 is 2.03 bits per heavy atom. The highest BCUT2D eigenvalue weighted by Gasteiger charge is 2.23. The third-order valence-corrected chi connectivity index (χ3v) is 6.94. The maximum absolute atomic E-state index is 13.4. The summed E-state index contributed by atoms with van der Waals surface area (Å²) < 4.78 is 2.34. The molecular formula is C21H23BrN4O2S. The molecule has 0 aliphatic heterocycles. The molecule has 1 aliphatic carbocycles. The van der Waals surface area contributed by atoms with E-state index in [1.54, 1.807) is 11.3 Å². The molecule has 0 bridgehead atoms. The largest absolute Gasteiger partial charge is 0.324 e. The topological polar surface area (TPSA) is 67.2 Å². The molecule has 2 heterocycles. The molecular weight excluding hydrogens is 452 g/mol. The van der Waals surface area contributed by atoms with Crippen molar-refractivity contribution in [1.82, 2.24) is 14.5 Å². The van der Waals surface area contributed by atoms with Gasteiger partial charge in [-0.25, -0.2) is 4.98 Å². The number of hydrogen-bond donors (Lipinski definition) is 1. The summed E-state index contributed by atoms with van der Waals surface area (Å²) in [6.45, 7) is 0.437. The molecule has 29 heavy (non-hydrogen) atoms. The molecule has 8 heteroatoms. The first kappa shape index (κ1) is 20.3. The van der Waals surface area contributed by atoms with Crippen LogP contribution in [0.4, 0.5) is 5.69 Å². The van der Waals surface area contributed by atoms with Crippen molar-refractivity contribution in [1.29, 1.82) is 0 Å². The molecule has 0 radical (unpaired) electrons. The molecule has 152 valence electrons. The Hall–Kier alpha value is -2.03. The van der Waals surface area contributed by atoms with Crippen molar-refractivity contribution >= 4 is 49.1 Å². The highest BCUT2D eigenvalue weighted by atomic mass is 79.9. The molecule has 1 aliphatic rings. The van der Waals surface area contributed by atoms with E-state index in [9.17, 15) is 9.59 Å². The van der Waals surface area contributed by atoms with Gasteiger partial charge in [0.2, 0.25) is 5.91 Å². The van der Waals surface area contributed by atoms with Gasteiger partial charge in [0.1, 0.15) is 17.2 Å². The van der Waals surface area contributed by atoms with Crippen LogP contribution in [0.1, 0.15) is 29.1 Å². The van der Waals surface area contributed by atoms with Gasteiger partial charge in [0.15, 0.2) is 0 Å². The maximum Gasteiger partial charge on any atom is 0.263 e. The van der Waals surface area contributed by atoms with Gasteiger partial charge in [-0.05, 0) is 73.4 Å². The van der Waals surface area contributed by atoms with Crippen LogP contribution in [-0.4, -0.2) is 34.5 Å². The Morgan fingerprint density at radius 1 is 1.28 bits per heavy atom. The predicted octanol–water partition coefficient (Wildman–Crippen LogP) is 3.80. The third-order valence-electron chi connectivity index (χ3n) is 5.06. The van der Waals surface area contributed by atoms with Crippen molar-refractivity contribution in [2.45, 2.75) is 38.8 Å². The molecule has 4 rings (SSSR count). The van der Waals surface area contributed by atoms with Crippen molar-refractivity contribution in [2.75, 3.05) is 19.4 Å². The maximum atomic E-state index is 13.4. The molecule has 3 aromatic rings. The summed E-state index contributed by atoms with van der Waals surface area (Å²) in [5.41, 5.74) is 1.72. The van der Waals surface area contributed by atoms with Gasteiger partial charge in [-0.1, -0.05) is 12.1 Å². The monoisotopic (exact) mass is 474 g/mol. The van der Waals surface area contributed by atoms with Crippen LogP contribution in [0, 0.1) is 0 Å². The molecule has 1 aromatic carbocycles. The molecule has 1 amide bonds. The van der Waals surface area contributed by atoms with Gasteiger partial charge in [-0.3, -0.25) is 14.2 Å². The number of thiophene rings is 1. The minimum Gasteiger partial charge on any atom is -0.324 e. The van der Waals surface area contributed by atoms with Crippen LogP contribution in [0.2, 0.25) is 0 Å². The zero-order chi connectivity index (χ0) is 20.5. The number of nitrogens with zero attached hydrogens (tertiary/aromatic N) is 3. The van der Waals surface area contributed by atoms with E-state index in [1.165, 1.54) is 9.44 Å². The summed E-state index contributed by atoms with van der Waals surface area (Å²) in [6.07, 6.45) is 4.19. The fraction of sp³-hybridized carbons (Fsp3) is 0.381. The van der Waals surface area contributed by atoms with Crippen LogP contribution in [0.15, 0.2) is 33.5 Å². The summed E-state index contributed by atoms with van der Waals surface area (Å²) in [5, 5.41) is 3.60. The first-order valence-corrected chi connectivity index (χ1v) is 11.3. The molecule has 0 atom stereocenters. The van der Waals surface area contributed by atoms with Crippen LogP contribution in [-0.2, 0) is 30.7 Å². The molecule has 2 aromatic heterocycles. The van der Waals surface area contributed by atoms with Crippen LogP contribution < -0.4 is 10.9 Å². The highest BCUT2D eigenvalue weighted by molar-refractivity contribution is 9.10. The number of aryl methyl sites for hydroxylation is 2. The van der Waals surface area contributed by atoms with Gasteiger partial charge >= 0.3 is 0 Å². The van der Waals surface area contributed by atoms with E-state index in [0.29, 0.717) is 23.4 Å². The Balaban J connectivity index is 1.75. The number of rotatable bonds is 5. The van der Waals surface area contributed by atoms with E-state index in [2.05, 4.69) is 21.2 Å². The number of carbonyl (C=O) groups is 1. The van der Waals surface area contributed by atoms with E-state index in [-0.39, 0.29) is 18.0 Å². The normalized spacial score (nSPS) is 13.7. The molecule has 0 saturated heterocycles. The number of amides is 1. The van der Waals surface area contributed by atoms with Gasteiger partial charge in [0.25, 0.3) is 5.56 Å². The quantitative estimate of drug-likeness (QED) is 0.610. The van der Waals surface area contributed by atoms with Crippen molar-refractivity contribution in [3.8, 4) is 0 Å². The predicted molar refractivity (Wildman–Crippen MR) is 121 cm³/mol. The minimum atomic E-state index is -0.246. The summed E-state index contributed by atoms with van der Waals surface area (Å²) in [4.78, 5) is 35.1. The standard InChI is InChI=1S/C21H23BrN4O2S/c1-25(2)11-17-24-20-19(13-7-3-6-10-16(13)29-20)21(28)26(17)12-18(27)23-15-9-5-4-8-14(15)22/h4-5,8-9H,3,6-7,10-12H2,1-2H3,(H,23,27). The first-order chi connectivity index (χ1) is 13.9. The molecule has 0 spiro atoms. The second kappa shape index (κ2) is 8.38. The first-order valence-electron chi connectivity index (χ1n) is 9.67. The Labute approximate surface area is 181 Å². The Bertz CT molecular complexity index is 1140. The van der Waals surface area contributed by atoms with Gasteiger partial charge < -0.3 is 10.2 Å². The second-order valence-electron chi connectivity index (χ2n) is 7.58. The molecule has 0 saturated carbocycles. The van der Waals surface area contributed by atoms with E-state index in [0.717, 1.165) is 40.5 Å². The average Bonchev–Trinajstić information content (AvgIpc) is 3.04. The van der Waals surface area contributed by atoms with Crippen LogP contribution in [0.5, 0.6) is 0 Å². The van der Waals surface area contributed by atoms with Crippen LogP contribution in [0.25, 0.3) is 10.2 Å². The summed E-state index contributed by atoms with van der Waals surface area (Å²) in [5.74, 6) is 0.373. The number of fused-ring (bicyclic) bond motifs is 3. The third kappa shape index (κ3) is 4.15. The lowest BCUT2D eigenvalue weighted by atomic mass is 9.97. The summed E-state index contributed by atoms with van der Waals surface area (Å²) in [7, 11) is 3.86. The summed E-state index contributed by atoms with van der Waals surface area (Å²) in [6, 6.07) is 7.43. The number of anilines is 1. The van der Waals surface area contributed by atoms with Crippen molar-refractivity contribution in [3.63, 3.8) is 0 Å². The summed E-state index contributed by atoms with van der Waals surface area (Å²) >= 11 is 5.08. The number of aromatic nitrogens is 2. The lowest BCUT2D eigenvalue weighted by molar-refractivity contribution is -0.116. The molecule has 0 unspecified atom stereocenters. The average molecular weight is 475 g/mol. The van der Waals surface area contributed by atoms with Crippen molar-refractivity contribution in [3.05, 3.63) is 55.4 Å². The van der Waals surface area contributed by atoms with E-state index < -0.39 is 0 Å². The molecule has 0 fully saturated rings. The van der Waals surface area contributed by atoms with Gasteiger partial charge in [0, 0.05) is 9.35 Å². The number of para-hydroxylation sites is 1. The number of benzene rings is 1. The lowest BCUT2D eigenvalue weighted by Gasteiger charge is -2.16. The van der Waals surface area contributed by atoms with E-state index in [4.69, 9.17) is 4.98 Å². The number of carbonyl (C=O) groups excluding carboxylic acids is 1. The van der Waals surface area contributed by atoms with Crippen LogP contribution >= 0.6 is 27.3 Å². The Kier molecular flexibility index (Phi) is 5.85. The fourth-order valence-corrected chi connectivity index (χ4v) is 5.40. The fourth-order valence-electron chi connectivity index (χ4n) is 3.74. The van der Waals surface area contributed by atoms with Gasteiger partial charge in [-0.2, -0.15) is 0 Å². The van der Waals surface area contributed by atoms with Gasteiger partial charge in [0.05, 0.1) is 17.6 Å². The molecule has 6 nitrogen and oxygen atoms in total. The van der Waals surface area contributed by atoms with E-state index >= 15 is 0 Å². The van der Waals surface area contributed by atoms with Gasteiger partial charge in [-0.15, -0.1) is 11.3 Å². The zero-order valence-corrected chi connectivity index (χ0v) is 18.9. The smallest absolute Gasteiger partial charge is 0.263 e. The highest BCUT2D eigenvalue weighted by Crippen LogP contribution is 2.33. The van der Waals surface area contributed by atoms with E-state index in [1.807, 2.05) is 43.3 Å². The second-order valence-corrected chi connectivity index (χ2v) is 9.51. The number of halogens is 1. The number of hydrogen-bond acceptors (Lipinski definition) is 5. The lowest BCUT2D eigenvalue weighted by Crippen LogP contribution is -2.33. The minimum absolute atomic E-state index is 0.0586. The SMILES string of the molecule is CN(C)Cc1nc2sc3c(c2c(=O)n1CC(=O)Nc1ccccc1Br)CCCC3. The van der Waals surface area contributed by atoms with Crippen molar-refractivity contribution in [2.24, 2.45) is 0 Å². The van der Waals surface area contributed by atoms with Crippen LogP contribution in [0.3, 0.4) is 0 Å². The molecule has 1 N–H and O–H groups in total.